The third-order valence-corrected chi connectivity index (χ3v) is 2.45. The molecule has 0 heterocycles. The van der Waals surface area contributed by atoms with E-state index in [1.807, 2.05) is 30.3 Å². The Morgan fingerprint density at radius 2 is 1.83 bits per heavy atom. The van der Waals surface area contributed by atoms with Gasteiger partial charge < -0.3 is 9.47 Å². The average Bonchev–Trinajstić information content (AvgIpc) is 2.43. The topological polar surface area (TPSA) is 60.2 Å². The first kappa shape index (κ1) is 12.0. The Labute approximate surface area is 104 Å². The Hall–Kier alpha value is -2.43. The van der Waals surface area contributed by atoms with Crippen molar-refractivity contribution in [2.24, 2.45) is 10.2 Å². The van der Waals surface area contributed by atoms with Gasteiger partial charge in [0.05, 0.1) is 19.9 Å². The Balaban J connectivity index is 2.36. The highest BCUT2D eigenvalue weighted by Crippen LogP contribution is 2.25. The van der Waals surface area contributed by atoms with E-state index in [1.165, 1.54) is 7.11 Å². The van der Waals surface area contributed by atoms with Crippen LogP contribution in [0.25, 0.3) is 10.8 Å². The molecule has 18 heavy (non-hydrogen) atoms. The van der Waals surface area contributed by atoms with Gasteiger partial charge in [0.15, 0.2) is 0 Å². The number of fused-ring (bicyclic) bond motifs is 1. The molecule has 0 atom stereocenters. The molecular formula is C13H12N2O3. The Morgan fingerprint density at radius 1 is 1.06 bits per heavy atom. The molecule has 0 saturated heterocycles. The van der Waals surface area contributed by atoms with Gasteiger partial charge >= 0.3 is 6.09 Å². The van der Waals surface area contributed by atoms with Gasteiger partial charge in [-0.15, -0.1) is 5.11 Å². The molecule has 2 rings (SSSR count). The number of rotatable bonds is 2. The molecule has 0 aromatic heterocycles. The van der Waals surface area contributed by atoms with E-state index in [-0.39, 0.29) is 0 Å². The summed E-state index contributed by atoms with van der Waals surface area (Å²) in [5.74, 6) is 0.768. The minimum Gasteiger partial charge on any atom is -0.497 e. The summed E-state index contributed by atoms with van der Waals surface area (Å²) in [6.45, 7) is 0. The fraction of sp³-hybridized carbons (Fsp3) is 0.154. The van der Waals surface area contributed by atoms with Crippen LogP contribution in [0.4, 0.5) is 10.5 Å². The number of amides is 1. The second-order valence-electron chi connectivity index (χ2n) is 3.57. The van der Waals surface area contributed by atoms with Crippen molar-refractivity contribution in [1.29, 1.82) is 0 Å². The number of hydrogen-bond acceptors (Lipinski definition) is 4. The molecular weight excluding hydrogens is 232 g/mol. The molecule has 0 aliphatic heterocycles. The zero-order chi connectivity index (χ0) is 13.0. The predicted octanol–water partition coefficient (Wildman–Crippen LogP) is 3.70. The number of ether oxygens (including phenoxy) is 2. The van der Waals surface area contributed by atoms with Crippen LogP contribution >= 0.6 is 0 Å². The first-order chi connectivity index (χ1) is 8.72. The smallest absolute Gasteiger partial charge is 0.452 e. The highest BCUT2D eigenvalue weighted by molar-refractivity contribution is 5.86. The van der Waals surface area contributed by atoms with Crippen LogP contribution in [0.5, 0.6) is 5.75 Å². The molecule has 2 aromatic rings. The number of hydrogen-bond donors (Lipinski definition) is 0. The van der Waals surface area contributed by atoms with Crippen LogP contribution in [0, 0.1) is 0 Å². The number of carbonyl (C=O) groups is 1. The van der Waals surface area contributed by atoms with Crippen LogP contribution in [0.15, 0.2) is 46.6 Å². The van der Waals surface area contributed by atoms with E-state index in [0.29, 0.717) is 5.69 Å². The third-order valence-electron chi connectivity index (χ3n) is 2.45. The van der Waals surface area contributed by atoms with Crippen molar-refractivity contribution in [3.63, 3.8) is 0 Å². The highest BCUT2D eigenvalue weighted by Gasteiger charge is 1.99. The molecule has 92 valence electrons. The second-order valence-corrected chi connectivity index (χ2v) is 3.57. The summed E-state index contributed by atoms with van der Waals surface area (Å²) in [5.41, 5.74) is 0.584. The zero-order valence-corrected chi connectivity index (χ0v) is 10.1. The van der Waals surface area contributed by atoms with Gasteiger partial charge in [0, 0.05) is 0 Å². The van der Waals surface area contributed by atoms with Crippen molar-refractivity contribution in [3.05, 3.63) is 36.4 Å². The van der Waals surface area contributed by atoms with Crippen molar-refractivity contribution in [2.45, 2.75) is 0 Å². The molecule has 0 N–H and O–H groups in total. The standard InChI is InChI=1S/C13H12N2O3/c1-17-12-6-4-9-3-5-11(7-10(9)8-12)14-15-13(16)18-2/h3-8H,1-2H3. The molecule has 0 saturated carbocycles. The molecule has 0 aliphatic carbocycles. The van der Waals surface area contributed by atoms with Crippen LogP contribution in [-0.4, -0.2) is 20.3 Å². The van der Waals surface area contributed by atoms with Crippen molar-refractivity contribution >= 4 is 22.6 Å². The van der Waals surface area contributed by atoms with Gasteiger partial charge in [-0.1, -0.05) is 17.2 Å². The lowest BCUT2D eigenvalue weighted by molar-refractivity contribution is 0.181. The largest absolute Gasteiger partial charge is 0.497 e. The van der Waals surface area contributed by atoms with E-state index >= 15 is 0 Å². The van der Waals surface area contributed by atoms with Crippen molar-refractivity contribution < 1.29 is 14.3 Å². The number of nitrogens with zero attached hydrogens (tertiary/aromatic N) is 2. The van der Waals surface area contributed by atoms with E-state index < -0.39 is 6.09 Å². The van der Waals surface area contributed by atoms with Crippen molar-refractivity contribution in [3.8, 4) is 5.75 Å². The Kier molecular flexibility index (Phi) is 3.52. The lowest BCUT2D eigenvalue weighted by Gasteiger charge is -2.02. The summed E-state index contributed by atoms with van der Waals surface area (Å²) >= 11 is 0. The fourth-order valence-corrected chi connectivity index (χ4v) is 1.54. The van der Waals surface area contributed by atoms with Crippen LogP contribution in [0.2, 0.25) is 0 Å². The maximum absolute atomic E-state index is 10.8. The Morgan fingerprint density at radius 3 is 2.56 bits per heavy atom. The van der Waals surface area contributed by atoms with Gasteiger partial charge in [-0.25, -0.2) is 4.79 Å². The zero-order valence-electron chi connectivity index (χ0n) is 10.1. The molecule has 0 spiro atoms. The van der Waals surface area contributed by atoms with E-state index in [0.717, 1.165) is 16.5 Å². The van der Waals surface area contributed by atoms with Crippen LogP contribution in [-0.2, 0) is 4.74 Å². The molecule has 0 radical (unpaired) electrons. The summed E-state index contributed by atoms with van der Waals surface area (Å²) in [5, 5.41) is 9.22. The van der Waals surface area contributed by atoms with E-state index in [2.05, 4.69) is 15.0 Å². The first-order valence-corrected chi connectivity index (χ1v) is 5.30. The predicted molar refractivity (Wildman–Crippen MR) is 67.4 cm³/mol. The minimum absolute atomic E-state index is 0.584. The number of carbonyl (C=O) groups excluding carboxylic acids is 1. The van der Waals surface area contributed by atoms with Crippen LogP contribution in [0.1, 0.15) is 0 Å². The fourth-order valence-electron chi connectivity index (χ4n) is 1.54. The van der Waals surface area contributed by atoms with Gasteiger partial charge in [-0.2, -0.15) is 0 Å². The van der Waals surface area contributed by atoms with E-state index in [1.54, 1.807) is 13.2 Å². The number of methoxy groups -OCH3 is 2. The van der Waals surface area contributed by atoms with Gasteiger partial charge in [0.1, 0.15) is 5.75 Å². The molecule has 1 amide bonds. The maximum atomic E-state index is 10.8. The second kappa shape index (κ2) is 5.27. The molecule has 0 aliphatic rings. The summed E-state index contributed by atoms with van der Waals surface area (Å²) in [4.78, 5) is 10.8. The first-order valence-electron chi connectivity index (χ1n) is 5.30. The molecule has 0 bridgehead atoms. The monoisotopic (exact) mass is 244 g/mol. The van der Waals surface area contributed by atoms with Gasteiger partial charge in [-0.3, -0.25) is 0 Å². The van der Waals surface area contributed by atoms with E-state index in [9.17, 15) is 4.79 Å². The molecule has 5 nitrogen and oxygen atoms in total. The third kappa shape index (κ3) is 2.63. The lowest BCUT2D eigenvalue weighted by Crippen LogP contribution is -1.89. The summed E-state index contributed by atoms with van der Waals surface area (Å²) < 4.78 is 9.53. The normalized spacial score (nSPS) is 10.8. The van der Waals surface area contributed by atoms with Gasteiger partial charge in [-0.05, 0) is 35.0 Å². The SMILES string of the molecule is COC(=O)N=Nc1ccc2ccc(OC)cc2c1. The Bertz CT molecular complexity index is 608. The molecule has 0 unspecified atom stereocenters. The average molecular weight is 244 g/mol. The van der Waals surface area contributed by atoms with Gasteiger partial charge in [0.25, 0.3) is 0 Å². The van der Waals surface area contributed by atoms with Crippen LogP contribution in [0.3, 0.4) is 0 Å². The number of benzene rings is 2. The summed E-state index contributed by atoms with van der Waals surface area (Å²) in [6, 6.07) is 11.2. The van der Waals surface area contributed by atoms with Crippen LogP contribution < -0.4 is 4.74 Å². The van der Waals surface area contributed by atoms with Crippen molar-refractivity contribution in [2.75, 3.05) is 14.2 Å². The number of azo groups is 1. The van der Waals surface area contributed by atoms with Gasteiger partial charge in [0.2, 0.25) is 0 Å². The van der Waals surface area contributed by atoms with E-state index in [4.69, 9.17) is 4.74 Å². The maximum Gasteiger partial charge on any atom is 0.452 e. The lowest BCUT2D eigenvalue weighted by atomic mass is 10.1. The highest BCUT2D eigenvalue weighted by atomic mass is 16.5. The molecule has 0 fully saturated rings. The summed E-state index contributed by atoms with van der Waals surface area (Å²) in [6.07, 6.45) is -0.722. The van der Waals surface area contributed by atoms with Crippen molar-refractivity contribution in [1.82, 2.24) is 0 Å². The molecule has 5 heteroatoms. The summed E-state index contributed by atoms with van der Waals surface area (Å²) in [7, 11) is 2.87. The minimum atomic E-state index is -0.722. The quantitative estimate of drug-likeness (QED) is 0.757. The molecule has 2 aromatic carbocycles.